The van der Waals surface area contributed by atoms with Crippen molar-refractivity contribution in [1.82, 2.24) is 4.90 Å². The first-order valence-electron chi connectivity index (χ1n) is 8.63. The SMILES string of the molecule is CC(N)C1CCCN(C(=O)CCCc2csc3ccccc23)C1. The van der Waals surface area contributed by atoms with Crippen molar-refractivity contribution in [2.24, 2.45) is 11.7 Å². The van der Waals surface area contributed by atoms with Crippen LogP contribution in [0.25, 0.3) is 10.1 Å². The Morgan fingerprint density at radius 2 is 2.26 bits per heavy atom. The molecule has 2 aromatic rings. The Bertz CT molecular complexity index is 664. The first-order chi connectivity index (χ1) is 11.1. The van der Waals surface area contributed by atoms with Crippen LogP contribution in [-0.4, -0.2) is 29.9 Å². The minimum atomic E-state index is 0.183. The lowest BCUT2D eigenvalue weighted by Gasteiger charge is -2.34. The van der Waals surface area contributed by atoms with Gasteiger partial charge in [-0.3, -0.25) is 4.79 Å². The summed E-state index contributed by atoms with van der Waals surface area (Å²) in [6, 6.07) is 8.70. The van der Waals surface area contributed by atoms with Crippen LogP contribution in [0.4, 0.5) is 0 Å². The van der Waals surface area contributed by atoms with Crippen LogP contribution in [0.2, 0.25) is 0 Å². The van der Waals surface area contributed by atoms with Gasteiger partial charge in [-0.25, -0.2) is 0 Å². The number of benzene rings is 1. The fourth-order valence-electron chi connectivity index (χ4n) is 3.48. The Hall–Kier alpha value is -1.39. The summed E-state index contributed by atoms with van der Waals surface area (Å²) in [5.74, 6) is 0.767. The molecule has 0 saturated carbocycles. The molecule has 2 heterocycles. The van der Waals surface area contributed by atoms with Crippen LogP contribution in [0.1, 0.15) is 38.2 Å². The molecule has 1 aliphatic rings. The Kier molecular flexibility index (Phi) is 5.34. The fourth-order valence-corrected chi connectivity index (χ4v) is 4.48. The monoisotopic (exact) mass is 330 g/mol. The van der Waals surface area contributed by atoms with E-state index in [4.69, 9.17) is 5.73 Å². The van der Waals surface area contributed by atoms with E-state index in [2.05, 4.69) is 36.6 Å². The maximum atomic E-state index is 12.4. The summed E-state index contributed by atoms with van der Waals surface area (Å²) in [6.45, 7) is 3.81. The molecule has 1 aromatic carbocycles. The van der Waals surface area contributed by atoms with E-state index in [0.717, 1.165) is 38.8 Å². The molecule has 3 nitrogen and oxygen atoms in total. The van der Waals surface area contributed by atoms with Crippen molar-refractivity contribution >= 4 is 27.3 Å². The lowest BCUT2D eigenvalue weighted by atomic mass is 9.92. The van der Waals surface area contributed by atoms with E-state index in [-0.39, 0.29) is 6.04 Å². The van der Waals surface area contributed by atoms with Gasteiger partial charge < -0.3 is 10.6 Å². The summed E-state index contributed by atoms with van der Waals surface area (Å²) in [5.41, 5.74) is 7.39. The van der Waals surface area contributed by atoms with E-state index in [0.29, 0.717) is 18.2 Å². The number of nitrogens with two attached hydrogens (primary N) is 1. The van der Waals surface area contributed by atoms with Gasteiger partial charge in [0.15, 0.2) is 0 Å². The number of hydrogen-bond acceptors (Lipinski definition) is 3. The Morgan fingerprint density at radius 1 is 1.43 bits per heavy atom. The predicted octanol–water partition coefficient (Wildman–Crippen LogP) is 3.81. The van der Waals surface area contributed by atoms with Crippen molar-refractivity contribution in [1.29, 1.82) is 0 Å². The fraction of sp³-hybridized carbons (Fsp3) is 0.526. The number of piperidine rings is 1. The smallest absolute Gasteiger partial charge is 0.222 e. The zero-order valence-electron chi connectivity index (χ0n) is 13.8. The van der Waals surface area contributed by atoms with E-state index in [1.54, 1.807) is 11.3 Å². The molecule has 0 radical (unpaired) electrons. The number of thiophene rings is 1. The number of carbonyl (C=O) groups is 1. The molecule has 1 amide bonds. The van der Waals surface area contributed by atoms with Gasteiger partial charge in [0, 0.05) is 30.3 Å². The van der Waals surface area contributed by atoms with E-state index in [9.17, 15) is 4.79 Å². The van der Waals surface area contributed by atoms with Gasteiger partial charge in [0.05, 0.1) is 0 Å². The molecule has 3 rings (SSSR count). The molecule has 2 unspecified atom stereocenters. The third-order valence-electron chi connectivity index (χ3n) is 4.95. The van der Waals surface area contributed by atoms with E-state index in [1.165, 1.54) is 15.6 Å². The highest BCUT2D eigenvalue weighted by Crippen LogP contribution is 2.27. The van der Waals surface area contributed by atoms with Gasteiger partial charge in [-0.2, -0.15) is 0 Å². The Morgan fingerprint density at radius 3 is 3.09 bits per heavy atom. The van der Waals surface area contributed by atoms with Crippen molar-refractivity contribution < 1.29 is 4.79 Å². The number of likely N-dealkylation sites (tertiary alicyclic amines) is 1. The van der Waals surface area contributed by atoms with Crippen molar-refractivity contribution in [3.8, 4) is 0 Å². The van der Waals surface area contributed by atoms with Crippen LogP contribution < -0.4 is 5.73 Å². The quantitative estimate of drug-likeness (QED) is 0.906. The number of fused-ring (bicyclic) bond motifs is 1. The van der Waals surface area contributed by atoms with Gasteiger partial charge in [0.25, 0.3) is 0 Å². The van der Waals surface area contributed by atoms with Crippen LogP contribution >= 0.6 is 11.3 Å². The summed E-state index contributed by atoms with van der Waals surface area (Å²) in [4.78, 5) is 14.5. The van der Waals surface area contributed by atoms with Gasteiger partial charge in [-0.05, 0) is 60.9 Å². The molecule has 0 bridgehead atoms. The second kappa shape index (κ2) is 7.45. The Labute approximate surface area is 142 Å². The van der Waals surface area contributed by atoms with Crippen LogP contribution in [0.15, 0.2) is 29.6 Å². The summed E-state index contributed by atoms with van der Waals surface area (Å²) >= 11 is 1.80. The standard InChI is InChI=1S/C19H26N2OS/c1-14(20)15-7-5-11-21(12-15)19(22)10-4-6-16-13-23-18-9-3-2-8-17(16)18/h2-3,8-9,13-15H,4-7,10-12,20H2,1H3. The van der Waals surface area contributed by atoms with E-state index >= 15 is 0 Å². The number of rotatable bonds is 5. The van der Waals surface area contributed by atoms with Crippen LogP contribution in [-0.2, 0) is 11.2 Å². The second-order valence-corrected chi connectivity index (χ2v) is 7.62. The Balaban J connectivity index is 1.51. The summed E-state index contributed by atoms with van der Waals surface area (Å²) in [6.07, 6.45) is 4.81. The van der Waals surface area contributed by atoms with Crippen molar-refractivity contribution in [3.05, 3.63) is 35.2 Å². The summed E-state index contributed by atoms with van der Waals surface area (Å²) < 4.78 is 1.34. The van der Waals surface area contributed by atoms with Gasteiger partial charge in [0.1, 0.15) is 0 Å². The van der Waals surface area contributed by atoms with Gasteiger partial charge in [-0.15, -0.1) is 11.3 Å². The zero-order valence-corrected chi connectivity index (χ0v) is 14.6. The molecule has 1 aliphatic heterocycles. The molecule has 2 atom stereocenters. The average molecular weight is 330 g/mol. The second-order valence-electron chi connectivity index (χ2n) is 6.71. The molecule has 1 saturated heterocycles. The normalized spacial score (nSPS) is 19.9. The highest BCUT2D eigenvalue weighted by atomic mass is 32.1. The molecular formula is C19H26N2OS. The molecule has 2 N–H and O–H groups in total. The minimum absolute atomic E-state index is 0.183. The molecule has 1 fully saturated rings. The first kappa shape index (κ1) is 16.5. The number of hydrogen-bond donors (Lipinski definition) is 1. The van der Waals surface area contributed by atoms with Crippen LogP contribution in [0, 0.1) is 5.92 Å². The number of aryl methyl sites for hydroxylation is 1. The lowest BCUT2D eigenvalue weighted by molar-refractivity contribution is -0.133. The molecule has 23 heavy (non-hydrogen) atoms. The summed E-state index contributed by atoms with van der Waals surface area (Å²) in [5, 5.41) is 3.59. The maximum absolute atomic E-state index is 12.4. The topological polar surface area (TPSA) is 46.3 Å². The lowest BCUT2D eigenvalue weighted by Crippen LogP contribution is -2.45. The van der Waals surface area contributed by atoms with Crippen molar-refractivity contribution in [3.63, 3.8) is 0 Å². The predicted molar refractivity (Wildman–Crippen MR) is 97.7 cm³/mol. The van der Waals surface area contributed by atoms with Crippen LogP contribution in [0.3, 0.4) is 0 Å². The number of carbonyl (C=O) groups excluding carboxylic acids is 1. The van der Waals surface area contributed by atoms with Crippen molar-refractivity contribution in [2.45, 2.75) is 45.1 Å². The highest BCUT2D eigenvalue weighted by molar-refractivity contribution is 7.17. The molecule has 4 heteroatoms. The summed E-state index contributed by atoms with van der Waals surface area (Å²) in [7, 11) is 0. The van der Waals surface area contributed by atoms with Gasteiger partial charge in [-0.1, -0.05) is 18.2 Å². The van der Waals surface area contributed by atoms with E-state index in [1.807, 2.05) is 4.90 Å². The van der Waals surface area contributed by atoms with Crippen LogP contribution in [0.5, 0.6) is 0 Å². The molecule has 0 spiro atoms. The molecule has 0 aliphatic carbocycles. The van der Waals surface area contributed by atoms with Gasteiger partial charge in [0.2, 0.25) is 5.91 Å². The average Bonchev–Trinajstić information content (AvgIpc) is 2.98. The maximum Gasteiger partial charge on any atom is 0.222 e. The van der Waals surface area contributed by atoms with Crippen molar-refractivity contribution in [2.75, 3.05) is 13.1 Å². The molecule has 1 aromatic heterocycles. The molecular weight excluding hydrogens is 304 g/mol. The minimum Gasteiger partial charge on any atom is -0.342 e. The highest BCUT2D eigenvalue weighted by Gasteiger charge is 2.25. The van der Waals surface area contributed by atoms with E-state index < -0.39 is 0 Å². The molecule has 124 valence electrons. The largest absolute Gasteiger partial charge is 0.342 e. The zero-order chi connectivity index (χ0) is 16.2. The van der Waals surface area contributed by atoms with Gasteiger partial charge >= 0.3 is 0 Å². The third-order valence-corrected chi connectivity index (χ3v) is 5.96. The third kappa shape index (κ3) is 3.93. The number of amides is 1. The number of nitrogens with zero attached hydrogens (tertiary/aromatic N) is 1. The first-order valence-corrected chi connectivity index (χ1v) is 9.51.